The molecule has 0 spiro atoms. The van der Waals surface area contributed by atoms with Gasteiger partial charge in [-0.3, -0.25) is 14.9 Å². The van der Waals surface area contributed by atoms with Gasteiger partial charge in [-0.05, 0) is 17.2 Å². The molecule has 0 fully saturated rings. The van der Waals surface area contributed by atoms with Crippen molar-refractivity contribution in [3.8, 4) is 5.75 Å². The van der Waals surface area contributed by atoms with Crippen LogP contribution in [0.1, 0.15) is 17.2 Å². The molecule has 0 bridgehead atoms. The number of nitrogens with zero attached hydrogens (tertiary/aromatic N) is 2. The molecule has 0 heterocycles. The van der Waals surface area contributed by atoms with E-state index in [4.69, 9.17) is 16.3 Å². The van der Waals surface area contributed by atoms with E-state index in [2.05, 4.69) is 0 Å². The summed E-state index contributed by atoms with van der Waals surface area (Å²) < 4.78 is 5.53. The lowest BCUT2D eigenvalue weighted by molar-refractivity contribution is -0.384. The summed E-state index contributed by atoms with van der Waals surface area (Å²) in [5.41, 5.74) is 1.81. The number of ether oxygens (including phenoxy) is 1. The molecule has 3 aromatic rings. The van der Waals surface area contributed by atoms with Crippen molar-refractivity contribution < 1.29 is 14.5 Å². The number of likely N-dealkylation sites (N-methyl/N-ethyl adjacent to an activating group) is 1. The van der Waals surface area contributed by atoms with Crippen molar-refractivity contribution in [3.63, 3.8) is 0 Å². The Labute approximate surface area is 173 Å². The first-order chi connectivity index (χ1) is 14.0. The highest BCUT2D eigenvalue weighted by atomic mass is 35.5. The number of carbonyl (C=O) groups is 1. The Morgan fingerprint density at radius 1 is 1.03 bits per heavy atom. The van der Waals surface area contributed by atoms with E-state index in [1.54, 1.807) is 11.9 Å². The van der Waals surface area contributed by atoms with Crippen molar-refractivity contribution in [2.24, 2.45) is 0 Å². The molecule has 3 rings (SSSR count). The quantitative estimate of drug-likeness (QED) is 0.411. The summed E-state index contributed by atoms with van der Waals surface area (Å²) >= 11 is 6.04. The molecule has 0 aliphatic carbocycles. The van der Waals surface area contributed by atoms with Gasteiger partial charge < -0.3 is 9.64 Å². The molecule has 7 heteroatoms. The van der Waals surface area contributed by atoms with Crippen LogP contribution in [0.25, 0.3) is 0 Å². The van der Waals surface area contributed by atoms with Gasteiger partial charge in [-0.2, -0.15) is 0 Å². The zero-order valence-electron chi connectivity index (χ0n) is 15.7. The van der Waals surface area contributed by atoms with Crippen molar-refractivity contribution in [2.75, 3.05) is 13.7 Å². The van der Waals surface area contributed by atoms with Crippen molar-refractivity contribution in [1.29, 1.82) is 0 Å². The molecule has 0 aromatic heterocycles. The van der Waals surface area contributed by atoms with Crippen LogP contribution in [0, 0.1) is 10.1 Å². The molecule has 0 aliphatic rings. The molecular formula is C22H19ClN2O4. The minimum absolute atomic E-state index is 0.0809. The smallest absolute Gasteiger partial charge is 0.271 e. The number of benzene rings is 3. The second-order valence-electron chi connectivity index (χ2n) is 6.39. The maximum atomic E-state index is 12.8. The molecule has 0 radical (unpaired) electrons. The standard InChI is InChI=1S/C22H19ClN2O4/c1-24(21(26)15-29-20-13-12-18(25(27)28)14-19(20)23)22(16-8-4-2-5-9-16)17-10-6-3-7-11-17/h2-14,22H,15H2,1H3. The molecule has 148 valence electrons. The maximum Gasteiger partial charge on any atom is 0.271 e. The minimum atomic E-state index is -0.543. The van der Waals surface area contributed by atoms with Gasteiger partial charge in [-0.1, -0.05) is 72.3 Å². The molecule has 6 nitrogen and oxygen atoms in total. The van der Waals surface area contributed by atoms with E-state index < -0.39 is 4.92 Å². The van der Waals surface area contributed by atoms with E-state index in [1.807, 2.05) is 60.7 Å². The summed E-state index contributed by atoms with van der Waals surface area (Å²) in [4.78, 5) is 24.7. The second kappa shape index (κ2) is 9.21. The highest BCUT2D eigenvalue weighted by Crippen LogP contribution is 2.30. The monoisotopic (exact) mass is 410 g/mol. The van der Waals surface area contributed by atoms with E-state index in [0.717, 1.165) is 11.1 Å². The fraction of sp³-hybridized carbons (Fsp3) is 0.136. The van der Waals surface area contributed by atoms with Gasteiger partial charge >= 0.3 is 0 Å². The summed E-state index contributed by atoms with van der Waals surface area (Å²) in [5, 5.41) is 10.9. The van der Waals surface area contributed by atoms with E-state index in [1.165, 1.54) is 18.2 Å². The predicted octanol–water partition coefficient (Wildman–Crippen LogP) is 4.88. The zero-order chi connectivity index (χ0) is 20.8. The van der Waals surface area contributed by atoms with Gasteiger partial charge in [0.05, 0.1) is 16.0 Å². The Morgan fingerprint density at radius 2 is 1.59 bits per heavy atom. The number of hydrogen-bond donors (Lipinski definition) is 0. The molecule has 0 unspecified atom stereocenters. The molecule has 0 N–H and O–H groups in total. The van der Waals surface area contributed by atoms with Crippen LogP contribution in [-0.2, 0) is 4.79 Å². The van der Waals surface area contributed by atoms with E-state index in [-0.39, 0.29) is 35.0 Å². The van der Waals surface area contributed by atoms with Crippen LogP contribution >= 0.6 is 11.6 Å². The van der Waals surface area contributed by atoms with Crippen molar-refractivity contribution in [1.82, 2.24) is 4.90 Å². The zero-order valence-corrected chi connectivity index (χ0v) is 16.5. The van der Waals surface area contributed by atoms with Crippen LogP contribution in [0.3, 0.4) is 0 Å². The van der Waals surface area contributed by atoms with Crippen molar-refractivity contribution in [3.05, 3.63) is 105 Å². The van der Waals surface area contributed by atoms with Crippen molar-refractivity contribution in [2.45, 2.75) is 6.04 Å². The van der Waals surface area contributed by atoms with Crippen LogP contribution in [0.2, 0.25) is 5.02 Å². The van der Waals surface area contributed by atoms with E-state index in [9.17, 15) is 14.9 Å². The number of carbonyl (C=O) groups excluding carboxylic acids is 1. The topological polar surface area (TPSA) is 72.7 Å². The number of non-ortho nitro benzene ring substituents is 1. The highest BCUT2D eigenvalue weighted by Gasteiger charge is 2.24. The third-order valence-corrected chi connectivity index (χ3v) is 4.78. The molecule has 0 saturated carbocycles. The van der Waals surface area contributed by atoms with Gasteiger partial charge in [0.1, 0.15) is 5.75 Å². The molecule has 0 aliphatic heterocycles. The summed E-state index contributed by atoms with van der Waals surface area (Å²) in [7, 11) is 1.72. The fourth-order valence-corrected chi connectivity index (χ4v) is 3.25. The summed E-state index contributed by atoms with van der Waals surface area (Å²) in [6.07, 6.45) is 0. The van der Waals surface area contributed by atoms with Crippen LogP contribution in [0.5, 0.6) is 5.75 Å². The van der Waals surface area contributed by atoms with Crippen LogP contribution in [-0.4, -0.2) is 29.4 Å². The number of hydrogen-bond acceptors (Lipinski definition) is 4. The Bertz CT molecular complexity index is 957. The van der Waals surface area contributed by atoms with Gasteiger partial charge in [-0.15, -0.1) is 0 Å². The minimum Gasteiger partial charge on any atom is -0.482 e. The number of halogens is 1. The Hall–Kier alpha value is -3.38. The van der Waals surface area contributed by atoms with Gasteiger partial charge in [0.15, 0.2) is 6.61 Å². The second-order valence-corrected chi connectivity index (χ2v) is 6.80. The molecule has 0 saturated heterocycles. The first-order valence-corrected chi connectivity index (χ1v) is 9.27. The SMILES string of the molecule is CN(C(=O)COc1ccc([N+](=O)[O-])cc1Cl)C(c1ccccc1)c1ccccc1. The van der Waals surface area contributed by atoms with Crippen molar-refractivity contribution >= 4 is 23.2 Å². The maximum absolute atomic E-state index is 12.8. The van der Waals surface area contributed by atoms with Gasteiger partial charge in [0, 0.05) is 19.2 Å². The normalized spacial score (nSPS) is 10.6. The number of rotatable bonds is 7. The third-order valence-electron chi connectivity index (χ3n) is 4.49. The summed E-state index contributed by atoms with van der Waals surface area (Å²) in [5.74, 6) is -0.0351. The third kappa shape index (κ3) is 4.92. The lowest BCUT2D eigenvalue weighted by Crippen LogP contribution is -2.35. The van der Waals surface area contributed by atoms with E-state index in [0.29, 0.717) is 0 Å². The summed E-state index contributed by atoms with van der Waals surface area (Å²) in [6, 6.07) is 23.0. The average Bonchev–Trinajstić information content (AvgIpc) is 2.74. The number of amides is 1. The largest absolute Gasteiger partial charge is 0.482 e. The lowest BCUT2D eigenvalue weighted by Gasteiger charge is -2.29. The highest BCUT2D eigenvalue weighted by molar-refractivity contribution is 6.32. The molecular weight excluding hydrogens is 392 g/mol. The van der Waals surface area contributed by atoms with Gasteiger partial charge in [0.2, 0.25) is 0 Å². The Balaban J connectivity index is 1.77. The first kappa shape index (κ1) is 20.4. The number of nitro groups is 1. The van der Waals surface area contributed by atoms with Gasteiger partial charge in [0.25, 0.3) is 11.6 Å². The lowest BCUT2D eigenvalue weighted by atomic mass is 9.97. The van der Waals surface area contributed by atoms with Crippen LogP contribution in [0.4, 0.5) is 5.69 Å². The first-order valence-electron chi connectivity index (χ1n) is 8.89. The summed E-state index contributed by atoms with van der Waals surface area (Å²) in [6.45, 7) is -0.246. The fourth-order valence-electron chi connectivity index (χ4n) is 3.02. The Kier molecular flexibility index (Phi) is 6.46. The molecule has 3 aromatic carbocycles. The Morgan fingerprint density at radius 3 is 2.07 bits per heavy atom. The number of nitro benzene ring substituents is 1. The van der Waals surface area contributed by atoms with Gasteiger partial charge in [-0.25, -0.2) is 0 Å². The molecule has 1 amide bonds. The van der Waals surface area contributed by atoms with Crippen LogP contribution in [0.15, 0.2) is 78.9 Å². The van der Waals surface area contributed by atoms with E-state index >= 15 is 0 Å². The molecule has 29 heavy (non-hydrogen) atoms. The van der Waals surface area contributed by atoms with Crippen LogP contribution < -0.4 is 4.74 Å². The molecule has 0 atom stereocenters. The predicted molar refractivity (Wildman–Crippen MR) is 111 cm³/mol. The average molecular weight is 411 g/mol.